The van der Waals surface area contributed by atoms with E-state index >= 15 is 0 Å². The Kier molecular flexibility index (Phi) is 10.2. The second-order valence-electron chi connectivity index (χ2n) is 19.9. The van der Waals surface area contributed by atoms with Crippen LogP contribution in [0.2, 0.25) is 0 Å². The Bertz CT molecular complexity index is 1500. The third-order valence-corrected chi connectivity index (χ3v) is 12.3. The summed E-state index contributed by atoms with van der Waals surface area (Å²) in [6.45, 7) is 21.5. The molecule has 52 heavy (non-hydrogen) atoms. The molecule has 0 aromatic rings. The van der Waals surface area contributed by atoms with Crippen LogP contribution in [0.4, 0.5) is 4.79 Å². The number of nitrogens with zero attached hydrogens (tertiary/aromatic N) is 2. The van der Waals surface area contributed by atoms with Gasteiger partial charge < -0.3 is 26.2 Å². The van der Waals surface area contributed by atoms with Crippen molar-refractivity contribution in [2.75, 3.05) is 13.1 Å². The summed E-state index contributed by atoms with van der Waals surface area (Å²) in [6, 6.07) is -3.14. The molecule has 13 nitrogen and oxygen atoms in total. The molecule has 0 radical (unpaired) electrons. The van der Waals surface area contributed by atoms with Gasteiger partial charge >= 0.3 is 6.03 Å². The van der Waals surface area contributed by atoms with Gasteiger partial charge in [-0.15, -0.1) is 0 Å². The first-order valence-corrected chi connectivity index (χ1v) is 19.2. The summed E-state index contributed by atoms with van der Waals surface area (Å²) in [5, 5.41) is 11.6. The number of imide groups is 1. The fraction of sp³-hybridized carbons (Fsp3) is 0.821. The molecule has 2 saturated heterocycles. The normalized spacial score (nSPS) is 30.1. The van der Waals surface area contributed by atoms with Crippen LogP contribution in [0.3, 0.4) is 0 Å². The molecule has 7 atom stereocenters. The van der Waals surface area contributed by atoms with Crippen molar-refractivity contribution in [2.24, 2.45) is 39.4 Å². The number of fused-ring (bicyclic) bond motifs is 1. The van der Waals surface area contributed by atoms with Crippen LogP contribution in [0.15, 0.2) is 0 Å². The van der Waals surface area contributed by atoms with Gasteiger partial charge in [0.25, 0.3) is 5.91 Å². The highest BCUT2D eigenvalue weighted by molar-refractivity contribution is 6.41. The summed E-state index contributed by atoms with van der Waals surface area (Å²) in [7, 11) is 0. The number of carbonyl (C=O) groups excluding carboxylic acids is 7. The predicted molar refractivity (Wildman–Crippen MR) is 194 cm³/mol. The van der Waals surface area contributed by atoms with E-state index < -0.39 is 69.4 Å². The van der Waals surface area contributed by atoms with Crippen molar-refractivity contribution in [2.45, 2.75) is 151 Å². The number of nitrogens with one attached hydrogen (secondary N) is 4. The minimum Gasteiger partial charge on any atom is -0.347 e. The Hall–Kier alpha value is -3.51. The van der Waals surface area contributed by atoms with Crippen LogP contribution in [0.1, 0.15) is 121 Å². The van der Waals surface area contributed by atoms with E-state index in [1.807, 2.05) is 62.3 Å². The standard InChI is InChI=1S/C39H62N6O7/c1-12-13-21-16-39(21,30(48)32(50)40-22-14-15-22)43-31(49)28-27-23(38(27,10)11)19-45(28)33(51)29(36(5,6)7)42-34(52)41-24(35(2,3)4)20-44-25(46)17-37(8,9)18-26(44)47/h21-24,27-29H,12-20H2,1-11H3,(H,40,50)(H,43,49)(H2,41,42,52)/t21?,23?,24-,27?,28+,29-,39?/m1/s1. The number of rotatable bonds is 12. The number of piperidine rings is 2. The monoisotopic (exact) mass is 726 g/mol. The number of likely N-dealkylation sites (tertiary alicyclic amines) is 2. The Morgan fingerprint density at radius 2 is 1.48 bits per heavy atom. The van der Waals surface area contributed by atoms with Crippen molar-refractivity contribution in [3.8, 4) is 0 Å². The molecule has 5 rings (SSSR count). The number of hydrogen-bond acceptors (Lipinski definition) is 7. The Morgan fingerprint density at radius 3 is 2.00 bits per heavy atom. The van der Waals surface area contributed by atoms with Gasteiger partial charge in [-0.05, 0) is 65.1 Å². The molecule has 290 valence electrons. The Morgan fingerprint density at radius 1 is 0.885 bits per heavy atom. The van der Waals surface area contributed by atoms with E-state index in [1.165, 1.54) is 4.90 Å². The average Bonchev–Trinajstić information content (AvgIpc) is 3.95. The van der Waals surface area contributed by atoms with Crippen molar-refractivity contribution in [3.05, 3.63) is 0 Å². The summed E-state index contributed by atoms with van der Waals surface area (Å²) in [5.74, 6) is -2.93. The van der Waals surface area contributed by atoms with E-state index in [0.717, 1.165) is 19.3 Å². The van der Waals surface area contributed by atoms with Gasteiger partial charge in [-0.25, -0.2) is 4.79 Å². The van der Waals surface area contributed by atoms with Crippen LogP contribution < -0.4 is 21.3 Å². The topological polar surface area (TPSA) is 174 Å². The summed E-state index contributed by atoms with van der Waals surface area (Å²) < 4.78 is 0. The predicted octanol–water partition coefficient (Wildman–Crippen LogP) is 3.30. The van der Waals surface area contributed by atoms with Crippen molar-refractivity contribution in [3.63, 3.8) is 0 Å². The fourth-order valence-corrected chi connectivity index (χ4v) is 8.58. The Balaban J connectivity index is 1.33. The van der Waals surface area contributed by atoms with E-state index in [4.69, 9.17) is 0 Å². The highest BCUT2D eigenvalue weighted by atomic mass is 16.2. The molecule has 7 amide bonds. The molecule has 5 aliphatic rings. The van der Waals surface area contributed by atoms with E-state index in [0.29, 0.717) is 19.4 Å². The first kappa shape index (κ1) is 39.7. The van der Waals surface area contributed by atoms with Crippen molar-refractivity contribution in [1.29, 1.82) is 0 Å². The minimum atomic E-state index is -1.28. The third kappa shape index (κ3) is 7.88. The lowest BCUT2D eigenvalue weighted by atomic mass is 9.80. The molecule has 0 bridgehead atoms. The summed E-state index contributed by atoms with van der Waals surface area (Å²) >= 11 is 0. The number of Topliss-reactive ketones (excluding diaryl/α,β-unsaturated/α-hetero) is 1. The second kappa shape index (κ2) is 13.4. The van der Waals surface area contributed by atoms with E-state index in [1.54, 1.807) is 4.90 Å². The van der Waals surface area contributed by atoms with Gasteiger partial charge in [0.2, 0.25) is 29.4 Å². The van der Waals surface area contributed by atoms with Gasteiger partial charge in [-0.1, -0.05) is 82.6 Å². The summed E-state index contributed by atoms with van der Waals surface area (Å²) in [5.41, 5.74) is -3.22. The van der Waals surface area contributed by atoms with Crippen LogP contribution in [-0.2, 0) is 28.8 Å². The second-order valence-corrected chi connectivity index (χ2v) is 19.9. The van der Waals surface area contributed by atoms with Crippen molar-refractivity contribution >= 4 is 41.4 Å². The fourth-order valence-electron chi connectivity index (χ4n) is 8.58. The van der Waals surface area contributed by atoms with E-state index in [2.05, 4.69) is 35.1 Å². The Labute approximate surface area is 308 Å². The van der Waals surface area contributed by atoms with Gasteiger partial charge in [0.05, 0.1) is 6.04 Å². The molecule has 0 aromatic carbocycles. The lowest BCUT2D eigenvalue weighted by Gasteiger charge is -2.41. The third-order valence-electron chi connectivity index (χ3n) is 12.3. The molecule has 0 spiro atoms. The number of carbonyl (C=O) groups is 7. The summed E-state index contributed by atoms with van der Waals surface area (Å²) in [6.07, 6.45) is 4.00. The molecule has 4 unspecified atom stereocenters. The van der Waals surface area contributed by atoms with E-state index in [-0.39, 0.29) is 60.4 Å². The number of ketones is 1. The molecular formula is C39H62N6O7. The minimum absolute atomic E-state index is 0.00316. The zero-order chi connectivity index (χ0) is 38.9. The van der Waals surface area contributed by atoms with Crippen LogP contribution in [-0.4, -0.2) is 93.9 Å². The highest BCUT2D eigenvalue weighted by Crippen LogP contribution is 2.65. The molecule has 0 aromatic heterocycles. The molecule has 2 heterocycles. The van der Waals surface area contributed by atoms with E-state index in [9.17, 15) is 33.6 Å². The first-order chi connectivity index (χ1) is 23.8. The maximum Gasteiger partial charge on any atom is 0.315 e. The van der Waals surface area contributed by atoms with Gasteiger partial charge in [0, 0.05) is 32.0 Å². The lowest BCUT2D eigenvalue weighted by Crippen LogP contribution is -2.63. The average molecular weight is 727 g/mol. The molecule has 3 aliphatic carbocycles. The zero-order valence-electron chi connectivity index (χ0n) is 33.2. The molecule has 2 aliphatic heterocycles. The van der Waals surface area contributed by atoms with Gasteiger partial charge in [0.1, 0.15) is 17.6 Å². The zero-order valence-corrected chi connectivity index (χ0v) is 33.2. The van der Waals surface area contributed by atoms with Crippen LogP contribution in [0, 0.1) is 39.4 Å². The van der Waals surface area contributed by atoms with Crippen molar-refractivity contribution < 1.29 is 33.6 Å². The van der Waals surface area contributed by atoms with Crippen LogP contribution in [0.25, 0.3) is 0 Å². The van der Waals surface area contributed by atoms with Crippen molar-refractivity contribution in [1.82, 2.24) is 31.1 Å². The van der Waals surface area contributed by atoms with Gasteiger partial charge in [-0.2, -0.15) is 0 Å². The maximum atomic E-state index is 14.6. The number of hydrogen-bond donors (Lipinski definition) is 4. The smallest absolute Gasteiger partial charge is 0.315 e. The first-order valence-electron chi connectivity index (χ1n) is 19.2. The molecule has 13 heteroatoms. The maximum absolute atomic E-state index is 14.6. The van der Waals surface area contributed by atoms with Gasteiger partial charge in [0.15, 0.2) is 0 Å². The molecule has 4 N–H and O–H groups in total. The quantitative estimate of drug-likeness (QED) is 0.176. The SMILES string of the molecule is CCCC1CC1(NC(=O)[C@@H]1C2C(CN1C(=O)[C@@H](NC(=O)N[C@H](CN1C(=O)CC(C)(C)CC1=O)C(C)(C)C)C(C)(C)C)C2(C)C)C(=O)C(=O)NC1CC1. The molecular weight excluding hydrogens is 664 g/mol. The van der Waals surface area contributed by atoms with Gasteiger partial charge in [-0.3, -0.25) is 33.7 Å². The summed E-state index contributed by atoms with van der Waals surface area (Å²) in [4.78, 5) is 97.9. The lowest BCUT2D eigenvalue weighted by molar-refractivity contribution is -0.153. The molecule has 5 fully saturated rings. The number of amides is 7. The highest BCUT2D eigenvalue weighted by Gasteiger charge is 2.71. The van der Waals surface area contributed by atoms with Crippen LogP contribution in [0.5, 0.6) is 0 Å². The largest absolute Gasteiger partial charge is 0.347 e. The van der Waals surface area contributed by atoms with Crippen LogP contribution >= 0.6 is 0 Å². The molecule has 3 saturated carbocycles. The number of urea groups is 1.